The van der Waals surface area contributed by atoms with Crippen LogP contribution in [0.3, 0.4) is 0 Å². The van der Waals surface area contributed by atoms with Gasteiger partial charge in [0.2, 0.25) is 0 Å². The van der Waals surface area contributed by atoms with E-state index in [9.17, 15) is 18.0 Å². The lowest BCUT2D eigenvalue weighted by Gasteiger charge is -2.30. The van der Waals surface area contributed by atoms with Gasteiger partial charge in [0.25, 0.3) is 0 Å². The molecule has 3 rings (SSSR count). The van der Waals surface area contributed by atoms with Crippen molar-refractivity contribution in [1.82, 2.24) is 0 Å². The summed E-state index contributed by atoms with van der Waals surface area (Å²) in [6.45, 7) is 4.00. The van der Waals surface area contributed by atoms with Crippen molar-refractivity contribution in [3.8, 4) is 5.75 Å². The second-order valence-corrected chi connectivity index (χ2v) is 6.31. The van der Waals surface area contributed by atoms with E-state index >= 15 is 0 Å². The Hall–Kier alpha value is -2.24. The number of methoxy groups -OCH3 is 1. The molecule has 0 spiro atoms. The minimum Gasteiger partial charge on any atom is -0.490 e. The molecule has 1 saturated carbocycles. The molecule has 0 aromatic heterocycles. The third kappa shape index (κ3) is 5.15. The van der Waals surface area contributed by atoms with Crippen LogP contribution in [0.5, 0.6) is 5.75 Å². The lowest BCUT2D eigenvalue weighted by Crippen LogP contribution is -2.31. The fourth-order valence-electron chi connectivity index (χ4n) is 3.32. The second-order valence-electron chi connectivity index (χ2n) is 6.31. The van der Waals surface area contributed by atoms with Crippen LogP contribution in [0.4, 0.5) is 13.2 Å². The molecule has 0 N–H and O–H groups in total. The van der Waals surface area contributed by atoms with Gasteiger partial charge in [-0.1, -0.05) is 26.0 Å². The van der Waals surface area contributed by atoms with Crippen molar-refractivity contribution in [2.75, 3.05) is 7.11 Å². The van der Waals surface area contributed by atoms with Crippen LogP contribution in [0.1, 0.15) is 49.9 Å². The number of ether oxygens (including phenoxy) is 2. The minimum atomic E-state index is -4.11. The second kappa shape index (κ2) is 9.11. The van der Waals surface area contributed by atoms with Crippen LogP contribution in [0, 0.1) is 5.92 Å². The maximum absolute atomic E-state index is 12.7. The highest BCUT2D eigenvalue weighted by Gasteiger charge is 2.41. The third-order valence-electron chi connectivity index (χ3n) is 4.70. The summed E-state index contributed by atoms with van der Waals surface area (Å²) in [4.78, 5) is 11.8. The first-order chi connectivity index (χ1) is 12.9. The van der Waals surface area contributed by atoms with Crippen LogP contribution in [-0.4, -0.2) is 25.4 Å². The molecule has 0 heterocycles. The Bertz CT molecular complexity index is 763. The van der Waals surface area contributed by atoms with E-state index in [1.165, 1.54) is 7.11 Å². The van der Waals surface area contributed by atoms with E-state index in [1.807, 2.05) is 19.9 Å². The lowest BCUT2D eigenvalue weighted by atomic mass is 9.87. The van der Waals surface area contributed by atoms with Crippen molar-refractivity contribution >= 4 is 16.7 Å². The van der Waals surface area contributed by atoms with Crippen LogP contribution < -0.4 is 4.74 Å². The SMILES string of the molecule is CC.COC(=O)c1cccc2cc(OC3CCC(C(F)(F)F)CC3)ccc12. The van der Waals surface area contributed by atoms with E-state index < -0.39 is 18.1 Å². The van der Waals surface area contributed by atoms with Gasteiger partial charge in [-0.15, -0.1) is 0 Å². The van der Waals surface area contributed by atoms with Crippen molar-refractivity contribution in [3.63, 3.8) is 0 Å². The van der Waals surface area contributed by atoms with Gasteiger partial charge < -0.3 is 9.47 Å². The number of hydrogen-bond donors (Lipinski definition) is 0. The molecule has 0 saturated heterocycles. The summed E-state index contributed by atoms with van der Waals surface area (Å²) in [5.74, 6) is -1.03. The molecule has 0 unspecified atom stereocenters. The number of halogens is 3. The fraction of sp³-hybridized carbons (Fsp3) is 0.476. The lowest BCUT2D eigenvalue weighted by molar-refractivity contribution is -0.185. The Labute approximate surface area is 157 Å². The molecule has 27 heavy (non-hydrogen) atoms. The molecular formula is C21H25F3O3. The van der Waals surface area contributed by atoms with Crippen LogP contribution in [0.15, 0.2) is 36.4 Å². The maximum atomic E-state index is 12.7. The molecule has 148 valence electrons. The molecule has 0 amide bonds. The van der Waals surface area contributed by atoms with Crippen LogP contribution in [-0.2, 0) is 4.74 Å². The van der Waals surface area contributed by atoms with Gasteiger partial charge in [0.1, 0.15) is 5.75 Å². The van der Waals surface area contributed by atoms with Gasteiger partial charge >= 0.3 is 12.1 Å². The molecule has 0 atom stereocenters. The molecule has 2 aromatic rings. The quantitative estimate of drug-likeness (QED) is 0.597. The van der Waals surface area contributed by atoms with Crippen molar-refractivity contribution in [2.45, 2.75) is 51.8 Å². The molecule has 3 nitrogen and oxygen atoms in total. The molecular weight excluding hydrogens is 357 g/mol. The molecule has 6 heteroatoms. The summed E-state index contributed by atoms with van der Waals surface area (Å²) in [6, 6.07) is 10.6. The molecule has 0 aliphatic heterocycles. The summed E-state index contributed by atoms with van der Waals surface area (Å²) in [6.07, 6.45) is -3.32. The average molecular weight is 382 g/mol. The average Bonchev–Trinajstić information content (AvgIpc) is 2.68. The summed E-state index contributed by atoms with van der Waals surface area (Å²) in [5, 5.41) is 1.58. The Morgan fingerprint density at radius 3 is 2.30 bits per heavy atom. The Morgan fingerprint density at radius 1 is 1.04 bits per heavy atom. The topological polar surface area (TPSA) is 35.5 Å². The third-order valence-corrected chi connectivity index (χ3v) is 4.70. The van der Waals surface area contributed by atoms with Gasteiger partial charge in [0, 0.05) is 0 Å². The van der Waals surface area contributed by atoms with Crippen LogP contribution in [0.2, 0.25) is 0 Å². The number of fused-ring (bicyclic) bond motifs is 1. The first-order valence-corrected chi connectivity index (χ1v) is 9.23. The Kier molecular flexibility index (Phi) is 7.11. The van der Waals surface area contributed by atoms with Gasteiger partial charge in [-0.05, 0) is 60.7 Å². The zero-order valence-corrected chi connectivity index (χ0v) is 15.8. The first-order valence-electron chi connectivity index (χ1n) is 9.23. The molecule has 1 fully saturated rings. The zero-order valence-electron chi connectivity index (χ0n) is 15.8. The van der Waals surface area contributed by atoms with Crippen LogP contribution in [0.25, 0.3) is 10.8 Å². The normalized spacial score (nSPS) is 19.8. The van der Waals surface area contributed by atoms with Gasteiger partial charge in [-0.3, -0.25) is 0 Å². The molecule has 0 bridgehead atoms. The predicted octanol–water partition coefficient (Wildman–Crippen LogP) is 6.15. The summed E-state index contributed by atoms with van der Waals surface area (Å²) < 4.78 is 48.8. The maximum Gasteiger partial charge on any atom is 0.391 e. The number of benzene rings is 2. The number of hydrogen-bond acceptors (Lipinski definition) is 3. The van der Waals surface area contributed by atoms with E-state index in [-0.39, 0.29) is 18.9 Å². The number of carbonyl (C=O) groups is 1. The summed E-state index contributed by atoms with van der Waals surface area (Å²) in [5.41, 5.74) is 0.470. The van der Waals surface area contributed by atoms with Gasteiger partial charge in [0.15, 0.2) is 0 Å². The largest absolute Gasteiger partial charge is 0.490 e. The summed E-state index contributed by atoms with van der Waals surface area (Å²) in [7, 11) is 1.33. The van der Waals surface area contributed by atoms with Crippen molar-refractivity contribution in [1.29, 1.82) is 0 Å². The Morgan fingerprint density at radius 2 is 1.70 bits per heavy atom. The van der Waals surface area contributed by atoms with Gasteiger partial charge in [-0.25, -0.2) is 4.79 Å². The van der Waals surface area contributed by atoms with Gasteiger partial charge in [0.05, 0.1) is 24.7 Å². The Balaban J connectivity index is 0.00000126. The molecule has 1 aliphatic carbocycles. The monoisotopic (exact) mass is 382 g/mol. The zero-order chi connectivity index (χ0) is 20.0. The molecule has 1 aliphatic rings. The van der Waals surface area contributed by atoms with E-state index in [2.05, 4.69) is 0 Å². The minimum absolute atomic E-state index is 0.105. The highest BCUT2D eigenvalue weighted by Crippen LogP contribution is 2.38. The van der Waals surface area contributed by atoms with E-state index in [0.717, 1.165) is 10.8 Å². The standard InChI is InChI=1S/C19H19F3O3.C2H6/c1-24-18(23)17-4-2-3-12-11-15(9-10-16(12)17)25-14-7-5-13(6-8-14)19(20,21)22;1-2/h2-4,9-11,13-14H,5-8H2,1H3;1-2H3. The smallest absolute Gasteiger partial charge is 0.391 e. The van der Waals surface area contributed by atoms with Gasteiger partial charge in [-0.2, -0.15) is 13.2 Å². The van der Waals surface area contributed by atoms with Crippen molar-refractivity contribution in [2.24, 2.45) is 5.92 Å². The predicted molar refractivity (Wildman–Crippen MR) is 99.1 cm³/mol. The van der Waals surface area contributed by atoms with Crippen LogP contribution >= 0.6 is 0 Å². The van der Waals surface area contributed by atoms with E-state index in [1.54, 1.807) is 30.3 Å². The summed E-state index contributed by atoms with van der Waals surface area (Å²) >= 11 is 0. The fourth-order valence-corrected chi connectivity index (χ4v) is 3.32. The van der Waals surface area contributed by atoms with Crippen molar-refractivity contribution < 1.29 is 27.4 Å². The number of carbonyl (C=O) groups excluding carboxylic acids is 1. The van der Waals surface area contributed by atoms with E-state index in [4.69, 9.17) is 9.47 Å². The molecule has 2 aromatic carbocycles. The first kappa shape index (κ1) is 21.1. The van der Waals surface area contributed by atoms with E-state index in [0.29, 0.717) is 24.2 Å². The number of alkyl halides is 3. The molecule has 0 radical (unpaired) electrons. The number of esters is 1. The highest BCUT2D eigenvalue weighted by molar-refractivity contribution is 6.04. The number of rotatable bonds is 3. The van der Waals surface area contributed by atoms with Crippen molar-refractivity contribution in [3.05, 3.63) is 42.0 Å². The highest BCUT2D eigenvalue weighted by atomic mass is 19.4.